The highest BCUT2D eigenvalue weighted by Gasteiger charge is 2.46. The van der Waals surface area contributed by atoms with Gasteiger partial charge < -0.3 is 19.9 Å². The van der Waals surface area contributed by atoms with Crippen LogP contribution in [0.4, 0.5) is 0 Å². The van der Waals surface area contributed by atoms with E-state index in [0.717, 1.165) is 12.8 Å². The van der Waals surface area contributed by atoms with Crippen molar-refractivity contribution in [1.29, 1.82) is 0 Å². The SMILES string of the molecule is O=C(NCC1(OCCO)CCOCC1)C(C1CC1)C1CC1. The molecule has 21 heavy (non-hydrogen) atoms. The molecule has 0 unspecified atom stereocenters. The lowest BCUT2D eigenvalue weighted by Crippen LogP contribution is -2.50. The Labute approximate surface area is 126 Å². The molecule has 1 saturated heterocycles. The topological polar surface area (TPSA) is 67.8 Å². The quantitative estimate of drug-likeness (QED) is 0.704. The number of carbonyl (C=O) groups excluding carboxylic acids is 1. The fraction of sp³-hybridized carbons (Fsp3) is 0.938. The van der Waals surface area contributed by atoms with Gasteiger partial charge >= 0.3 is 0 Å². The molecule has 2 N–H and O–H groups in total. The van der Waals surface area contributed by atoms with Gasteiger partial charge in [0.2, 0.25) is 5.91 Å². The number of hydrogen-bond acceptors (Lipinski definition) is 4. The van der Waals surface area contributed by atoms with Crippen LogP contribution >= 0.6 is 0 Å². The molecule has 1 aliphatic heterocycles. The summed E-state index contributed by atoms with van der Waals surface area (Å²) in [5.74, 6) is 1.71. The first-order valence-electron chi connectivity index (χ1n) is 8.34. The monoisotopic (exact) mass is 297 g/mol. The van der Waals surface area contributed by atoms with E-state index in [1.807, 2.05) is 0 Å². The van der Waals surface area contributed by atoms with E-state index in [9.17, 15) is 4.79 Å². The highest BCUT2D eigenvalue weighted by molar-refractivity contribution is 5.80. The summed E-state index contributed by atoms with van der Waals surface area (Å²) in [6, 6.07) is 0. The van der Waals surface area contributed by atoms with E-state index in [2.05, 4.69) is 5.32 Å². The number of carbonyl (C=O) groups is 1. The van der Waals surface area contributed by atoms with E-state index in [1.54, 1.807) is 0 Å². The predicted octanol–water partition coefficient (Wildman–Crippen LogP) is 1.10. The highest BCUT2D eigenvalue weighted by Crippen LogP contribution is 2.49. The van der Waals surface area contributed by atoms with Gasteiger partial charge in [0.15, 0.2) is 0 Å². The summed E-state index contributed by atoms with van der Waals surface area (Å²) in [7, 11) is 0. The molecule has 3 aliphatic rings. The van der Waals surface area contributed by atoms with Gasteiger partial charge in [0.1, 0.15) is 0 Å². The van der Waals surface area contributed by atoms with Crippen LogP contribution in [0.2, 0.25) is 0 Å². The van der Waals surface area contributed by atoms with Crippen molar-refractivity contribution in [2.45, 2.75) is 44.1 Å². The van der Waals surface area contributed by atoms with Crippen molar-refractivity contribution in [3.05, 3.63) is 0 Å². The largest absolute Gasteiger partial charge is 0.394 e. The summed E-state index contributed by atoms with van der Waals surface area (Å²) >= 11 is 0. The summed E-state index contributed by atoms with van der Waals surface area (Å²) in [6.45, 7) is 2.21. The van der Waals surface area contributed by atoms with Gasteiger partial charge in [-0.3, -0.25) is 4.79 Å². The van der Waals surface area contributed by atoms with Gasteiger partial charge in [-0.15, -0.1) is 0 Å². The number of amides is 1. The smallest absolute Gasteiger partial charge is 0.223 e. The zero-order valence-corrected chi connectivity index (χ0v) is 12.7. The molecule has 2 aliphatic carbocycles. The fourth-order valence-electron chi connectivity index (χ4n) is 3.47. The maximum absolute atomic E-state index is 12.5. The molecule has 0 aromatic heterocycles. The standard InChI is InChI=1S/C16H27NO4/c18-7-10-21-16(5-8-20-9-6-16)11-17-15(19)14(12-1-2-12)13-3-4-13/h12-14,18H,1-11H2,(H,17,19). The number of rotatable bonds is 8. The summed E-state index contributed by atoms with van der Waals surface area (Å²) < 4.78 is 11.3. The van der Waals surface area contributed by atoms with Gasteiger partial charge in [-0.25, -0.2) is 0 Å². The fourth-order valence-corrected chi connectivity index (χ4v) is 3.47. The molecule has 0 aromatic rings. The molecule has 0 spiro atoms. The lowest BCUT2D eigenvalue weighted by Gasteiger charge is -2.37. The molecular weight excluding hydrogens is 270 g/mol. The summed E-state index contributed by atoms with van der Waals surface area (Å²) in [4.78, 5) is 12.5. The Morgan fingerprint density at radius 1 is 1.24 bits per heavy atom. The second-order valence-electron chi connectivity index (χ2n) is 6.79. The van der Waals surface area contributed by atoms with Crippen LogP contribution in [0.1, 0.15) is 38.5 Å². The molecule has 3 fully saturated rings. The number of aliphatic hydroxyl groups is 1. The van der Waals surface area contributed by atoms with Crippen molar-refractivity contribution in [2.24, 2.45) is 17.8 Å². The third kappa shape index (κ3) is 3.96. The zero-order chi connectivity index (χ0) is 14.7. The molecule has 1 amide bonds. The molecule has 0 aromatic carbocycles. The zero-order valence-electron chi connectivity index (χ0n) is 12.7. The average Bonchev–Trinajstić information content (AvgIpc) is 3.39. The Hall–Kier alpha value is -0.650. The molecule has 2 saturated carbocycles. The van der Waals surface area contributed by atoms with Crippen molar-refractivity contribution >= 4 is 5.91 Å². The first kappa shape index (κ1) is 15.3. The van der Waals surface area contributed by atoms with Crippen molar-refractivity contribution in [2.75, 3.05) is 33.0 Å². The van der Waals surface area contributed by atoms with Crippen LogP contribution in [0.5, 0.6) is 0 Å². The summed E-state index contributed by atoms with van der Waals surface area (Å²) in [6.07, 6.45) is 6.43. The van der Waals surface area contributed by atoms with E-state index in [4.69, 9.17) is 14.6 Å². The van der Waals surface area contributed by atoms with Crippen LogP contribution in [-0.4, -0.2) is 49.6 Å². The minimum Gasteiger partial charge on any atom is -0.394 e. The highest BCUT2D eigenvalue weighted by atomic mass is 16.5. The molecule has 1 heterocycles. The van der Waals surface area contributed by atoms with Crippen LogP contribution in [0.3, 0.4) is 0 Å². The maximum atomic E-state index is 12.5. The van der Waals surface area contributed by atoms with E-state index in [-0.39, 0.29) is 24.0 Å². The molecule has 5 heteroatoms. The third-order valence-corrected chi connectivity index (χ3v) is 5.05. The van der Waals surface area contributed by atoms with Crippen molar-refractivity contribution in [1.82, 2.24) is 5.32 Å². The van der Waals surface area contributed by atoms with E-state index < -0.39 is 0 Å². The lowest BCUT2D eigenvalue weighted by molar-refractivity contribution is -0.134. The predicted molar refractivity (Wildman–Crippen MR) is 77.8 cm³/mol. The Morgan fingerprint density at radius 2 is 1.86 bits per heavy atom. The molecule has 0 atom stereocenters. The van der Waals surface area contributed by atoms with Gasteiger partial charge in [-0.2, -0.15) is 0 Å². The van der Waals surface area contributed by atoms with Crippen LogP contribution < -0.4 is 5.32 Å². The van der Waals surface area contributed by atoms with Gasteiger partial charge in [0.05, 0.1) is 18.8 Å². The van der Waals surface area contributed by atoms with Crippen LogP contribution in [0.15, 0.2) is 0 Å². The number of aliphatic hydroxyl groups excluding tert-OH is 1. The van der Waals surface area contributed by atoms with E-state index in [1.165, 1.54) is 25.7 Å². The minimum atomic E-state index is -0.353. The van der Waals surface area contributed by atoms with Crippen LogP contribution in [0, 0.1) is 17.8 Å². The van der Waals surface area contributed by atoms with Crippen molar-refractivity contribution in [3.8, 4) is 0 Å². The first-order chi connectivity index (χ1) is 10.2. The van der Waals surface area contributed by atoms with Crippen molar-refractivity contribution in [3.63, 3.8) is 0 Å². The van der Waals surface area contributed by atoms with Gasteiger partial charge in [0.25, 0.3) is 0 Å². The molecular formula is C16H27NO4. The Kier molecular flexibility index (Phi) is 4.82. The maximum Gasteiger partial charge on any atom is 0.223 e. The molecule has 5 nitrogen and oxygen atoms in total. The van der Waals surface area contributed by atoms with Gasteiger partial charge in [-0.05, 0) is 37.5 Å². The number of nitrogens with one attached hydrogen (secondary N) is 1. The second kappa shape index (κ2) is 6.63. The minimum absolute atomic E-state index is 0.0172. The van der Waals surface area contributed by atoms with Crippen molar-refractivity contribution < 1.29 is 19.4 Å². The number of hydrogen-bond donors (Lipinski definition) is 2. The lowest BCUT2D eigenvalue weighted by atomic mass is 9.92. The summed E-state index contributed by atoms with van der Waals surface area (Å²) in [5, 5.41) is 12.1. The van der Waals surface area contributed by atoms with Gasteiger partial charge in [0, 0.05) is 38.5 Å². The molecule has 120 valence electrons. The van der Waals surface area contributed by atoms with Crippen LogP contribution in [0.25, 0.3) is 0 Å². The Morgan fingerprint density at radius 3 is 2.38 bits per heavy atom. The third-order valence-electron chi connectivity index (χ3n) is 5.05. The first-order valence-corrected chi connectivity index (χ1v) is 8.34. The Balaban J connectivity index is 1.53. The molecule has 0 bridgehead atoms. The molecule has 3 rings (SSSR count). The molecule has 0 radical (unpaired) electrons. The number of ether oxygens (including phenoxy) is 2. The van der Waals surface area contributed by atoms with E-state index >= 15 is 0 Å². The van der Waals surface area contributed by atoms with E-state index in [0.29, 0.717) is 38.2 Å². The average molecular weight is 297 g/mol. The normalized spacial score (nSPS) is 25.0. The van der Waals surface area contributed by atoms with Gasteiger partial charge in [-0.1, -0.05) is 0 Å². The second-order valence-corrected chi connectivity index (χ2v) is 6.79. The Bertz CT molecular complexity index is 347. The van der Waals surface area contributed by atoms with Crippen LogP contribution in [-0.2, 0) is 14.3 Å². The summed E-state index contributed by atoms with van der Waals surface area (Å²) in [5.41, 5.74) is -0.353.